The molecule has 0 unspecified atom stereocenters. The molecule has 4 bridgehead atoms. The molecule has 0 amide bonds. The van der Waals surface area contributed by atoms with E-state index in [1.165, 1.54) is 43.9 Å². The molecule has 0 atom stereocenters. The quantitative estimate of drug-likeness (QED) is 0.344. The van der Waals surface area contributed by atoms with Crippen LogP contribution in [0.3, 0.4) is 0 Å². The number of carbonyl (C=O) groups excluding carboxylic acids is 1. The molecule has 33 heavy (non-hydrogen) atoms. The number of phenolic OH excluding ortho intramolecular Hbond substituents is 1. The summed E-state index contributed by atoms with van der Waals surface area (Å²) >= 11 is 0. The number of hydrogen-bond acceptors (Lipinski definition) is 3. The van der Waals surface area contributed by atoms with Gasteiger partial charge in [-0.1, -0.05) is 43.0 Å². The minimum Gasteiger partial charge on any atom is -0.508 e. The summed E-state index contributed by atoms with van der Waals surface area (Å²) in [6, 6.07) is 18.1. The second-order valence-electron chi connectivity index (χ2n) is 10.6. The average molecular weight is 439 g/mol. The van der Waals surface area contributed by atoms with Crippen molar-refractivity contribution in [1.29, 1.82) is 0 Å². The molecule has 4 fully saturated rings. The molecule has 7 rings (SSSR count). The van der Waals surface area contributed by atoms with Crippen molar-refractivity contribution in [2.45, 2.75) is 43.9 Å². The zero-order valence-corrected chi connectivity index (χ0v) is 18.9. The summed E-state index contributed by atoms with van der Waals surface area (Å²) in [5, 5.41) is 13.4. The predicted octanol–water partition coefficient (Wildman–Crippen LogP) is 7.02. The smallest absolute Gasteiger partial charge is 0.338 e. The lowest BCUT2D eigenvalue weighted by molar-refractivity contribution is -0.00606. The molecular weight excluding hydrogens is 408 g/mol. The second kappa shape index (κ2) is 7.76. The van der Waals surface area contributed by atoms with Crippen LogP contribution in [0.1, 0.15) is 54.4 Å². The number of aromatic hydroxyl groups is 1. The first-order chi connectivity index (χ1) is 16.0. The Bertz CT molecular complexity index is 1200. The SMILES string of the molecule is C=CCOC(=O)c1ccc(-c2cccc3cc(O)c(C45CC6CC(CC(C6)C4)C5)cc23)cc1. The molecule has 4 saturated carbocycles. The van der Waals surface area contributed by atoms with E-state index in [9.17, 15) is 9.90 Å². The maximum atomic E-state index is 12.2. The number of benzene rings is 3. The van der Waals surface area contributed by atoms with Gasteiger partial charge in [0.15, 0.2) is 0 Å². The van der Waals surface area contributed by atoms with Gasteiger partial charge < -0.3 is 9.84 Å². The first-order valence-corrected chi connectivity index (χ1v) is 12.2. The molecule has 0 spiro atoms. The van der Waals surface area contributed by atoms with Crippen molar-refractivity contribution in [2.24, 2.45) is 17.8 Å². The summed E-state index contributed by atoms with van der Waals surface area (Å²) < 4.78 is 5.15. The first-order valence-electron chi connectivity index (χ1n) is 12.2. The highest BCUT2D eigenvalue weighted by Crippen LogP contribution is 2.62. The van der Waals surface area contributed by atoms with Gasteiger partial charge in [-0.3, -0.25) is 0 Å². The molecule has 3 aromatic rings. The summed E-state index contributed by atoms with van der Waals surface area (Å²) in [5.74, 6) is 2.61. The fourth-order valence-electron chi connectivity index (χ4n) is 7.43. The third-order valence-electron chi connectivity index (χ3n) is 8.37. The van der Waals surface area contributed by atoms with Crippen LogP contribution in [0.4, 0.5) is 0 Å². The number of phenols is 1. The Morgan fingerprint density at radius 3 is 2.30 bits per heavy atom. The highest BCUT2D eigenvalue weighted by atomic mass is 16.5. The molecule has 3 aromatic carbocycles. The number of fused-ring (bicyclic) bond motifs is 1. The Labute approximate surface area is 195 Å². The molecule has 1 N–H and O–H groups in total. The summed E-state index contributed by atoms with van der Waals surface area (Å²) in [5.41, 5.74) is 4.02. The normalized spacial score (nSPS) is 27.6. The van der Waals surface area contributed by atoms with Crippen molar-refractivity contribution >= 4 is 16.7 Å². The molecule has 168 valence electrons. The van der Waals surface area contributed by atoms with Gasteiger partial charge in [0.1, 0.15) is 12.4 Å². The van der Waals surface area contributed by atoms with E-state index in [1.807, 2.05) is 36.4 Å². The molecule has 3 heteroatoms. The van der Waals surface area contributed by atoms with Gasteiger partial charge in [0, 0.05) is 5.56 Å². The van der Waals surface area contributed by atoms with Gasteiger partial charge in [-0.2, -0.15) is 0 Å². The zero-order valence-electron chi connectivity index (χ0n) is 18.9. The predicted molar refractivity (Wildman–Crippen MR) is 131 cm³/mol. The van der Waals surface area contributed by atoms with E-state index in [4.69, 9.17) is 4.74 Å². The fraction of sp³-hybridized carbons (Fsp3) is 0.367. The van der Waals surface area contributed by atoms with E-state index < -0.39 is 0 Å². The van der Waals surface area contributed by atoms with Crippen LogP contribution >= 0.6 is 0 Å². The van der Waals surface area contributed by atoms with Crippen LogP contribution in [0.25, 0.3) is 21.9 Å². The van der Waals surface area contributed by atoms with Crippen molar-refractivity contribution in [3.63, 3.8) is 0 Å². The molecule has 0 radical (unpaired) electrons. The van der Waals surface area contributed by atoms with E-state index >= 15 is 0 Å². The first kappa shape index (κ1) is 20.5. The minimum atomic E-state index is -0.339. The summed E-state index contributed by atoms with van der Waals surface area (Å²) in [6.45, 7) is 3.80. The summed E-state index contributed by atoms with van der Waals surface area (Å²) in [4.78, 5) is 12.2. The van der Waals surface area contributed by atoms with Crippen LogP contribution < -0.4 is 0 Å². The van der Waals surface area contributed by atoms with Crippen molar-refractivity contribution < 1.29 is 14.6 Å². The molecule has 0 saturated heterocycles. The van der Waals surface area contributed by atoms with Crippen LogP contribution in [0.15, 0.2) is 67.3 Å². The Kier molecular flexibility index (Phi) is 4.83. The largest absolute Gasteiger partial charge is 0.508 e. The van der Waals surface area contributed by atoms with Crippen molar-refractivity contribution in [3.05, 3.63) is 78.4 Å². The third kappa shape index (κ3) is 3.45. The monoisotopic (exact) mass is 438 g/mol. The number of carbonyl (C=O) groups is 1. The maximum Gasteiger partial charge on any atom is 0.338 e. The Morgan fingerprint density at radius 1 is 1.00 bits per heavy atom. The topological polar surface area (TPSA) is 46.5 Å². The lowest BCUT2D eigenvalue weighted by Crippen LogP contribution is -2.48. The standard InChI is InChI=1S/C30H30O3/c1-2-10-33-29(32)23-8-6-22(7-9-23)25-5-3-4-24-14-28(31)27(15-26(24)25)30-16-19-11-20(17-30)13-21(12-19)18-30/h2-9,14-15,19-21,31H,1,10-13,16-18H2. The van der Waals surface area contributed by atoms with Crippen molar-refractivity contribution in [3.8, 4) is 16.9 Å². The van der Waals surface area contributed by atoms with Crippen LogP contribution in [-0.2, 0) is 10.2 Å². The molecule has 4 aliphatic carbocycles. The fourth-order valence-corrected chi connectivity index (χ4v) is 7.43. The van der Waals surface area contributed by atoms with Crippen molar-refractivity contribution in [1.82, 2.24) is 0 Å². The molecule has 0 aliphatic heterocycles. The summed E-state index contributed by atoms with van der Waals surface area (Å²) in [6.07, 6.45) is 9.41. The molecule has 0 heterocycles. The highest BCUT2D eigenvalue weighted by molar-refractivity contribution is 5.99. The lowest BCUT2D eigenvalue weighted by Gasteiger charge is -2.57. The molecule has 3 nitrogen and oxygen atoms in total. The molecule has 0 aromatic heterocycles. The number of esters is 1. The zero-order chi connectivity index (χ0) is 22.6. The minimum absolute atomic E-state index is 0.138. The van der Waals surface area contributed by atoms with Crippen LogP contribution in [0, 0.1) is 17.8 Å². The van der Waals surface area contributed by atoms with Crippen molar-refractivity contribution in [2.75, 3.05) is 6.61 Å². The van der Waals surface area contributed by atoms with E-state index in [0.29, 0.717) is 11.3 Å². The van der Waals surface area contributed by atoms with Gasteiger partial charge in [0.2, 0.25) is 0 Å². The average Bonchev–Trinajstić information content (AvgIpc) is 2.81. The number of rotatable bonds is 5. The van der Waals surface area contributed by atoms with Crippen LogP contribution in [0.5, 0.6) is 5.75 Å². The Morgan fingerprint density at radius 2 is 1.67 bits per heavy atom. The Hall–Kier alpha value is -3.07. The van der Waals surface area contributed by atoms with Crippen LogP contribution in [-0.4, -0.2) is 17.7 Å². The van der Waals surface area contributed by atoms with E-state index in [0.717, 1.165) is 39.8 Å². The third-order valence-corrected chi connectivity index (χ3v) is 8.37. The van der Waals surface area contributed by atoms with E-state index in [1.54, 1.807) is 6.08 Å². The maximum absolute atomic E-state index is 12.2. The van der Waals surface area contributed by atoms with Gasteiger partial charge >= 0.3 is 5.97 Å². The van der Waals surface area contributed by atoms with Gasteiger partial charge in [0.25, 0.3) is 0 Å². The van der Waals surface area contributed by atoms with Gasteiger partial charge in [0.05, 0.1) is 5.56 Å². The summed E-state index contributed by atoms with van der Waals surface area (Å²) in [7, 11) is 0. The van der Waals surface area contributed by atoms with E-state index in [-0.39, 0.29) is 18.0 Å². The highest BCUT2D eigenvalue weighted by Gasteiger charge is 2.52. The second-order valence-corrected chi connectivity index (χ2v) is 10.6. The van der Waals surface area contributed by atoms with E-state index in [2.05, 4.69) is 24.8 Å². The van der Waals surface area contributed by atoms with Gasteiger partial charge in [-0.05, 0) is 108 Å². The number of ether oxygens (including phenoxy) is 1. The molecular formula is C30H30O3. The molecule has 4 aliphatic rings. The Balaban J connectivity index is 1.41. The lowest BCUT2D eigenvalue weighted by atomic mass is 9.48. The number of hydrogen-bond donors (Lipinski definition) is 1. The van der Waals surface area contributed by atoms with Crippen LogP contribution in [0.2, 0.25) is 0 Å². The van der Waals surface area contributed by atoms with Gasteiger partial charge in [-0.15, -0.1) is 0 Å². The van der Waals surface area contributed by atoms with Gasteiger partial charge in [-0.25, -0.2) is 4.79 Å².